The number of aliphatic hydroxyl groups is 1. The van der Waals surface area contributed by atoms with Gasteiger partial charge in [-0.25, -0.2) is 0 Å². The van der Waals surface area contributed by atoms with Gasteiger partial charge in [-0.3, -0.25) is 14.5 Å². The van der Waals surface area contributed by atoms with Crippen LogP contribution in [0, 0.1) is 6.92 Å². The topological polar surface area (TPSA) is 66.8 Å². The van der Waals surface area contributed by atoms with Gasteiger partial charge in [0.15, 0.2) is 0 Å². The zero-order valence-electron chi connectivity index (χ0n) is 10.8. The molecule has 2 rings (SSSR count). The van der Waals surface area contributed by atoms with Crippen LogP contribution >= 0.6 is 0 Å². The van der Waals surface area contributed by atoms with E-state index in [1.165, 1.54) is 19.3 Å². The molecule has 1 N–H and O–H groups in total. The lowest BCUT2D eigenvalue weighted by Crippen LogP contribution is -2.36. The van der Waals surface area contributed by atoms with Crippen molar-refractivity contribution < 1.29 is 19.4 Å². The first kappa shape index (κ1) is 13.3. The van der Waals surface area contributed by atoms with Crippen molar-refractivity contribution in [3.05, 3.63) is 41.5 Å². The molecule has 0 spiro atoms. The first-order valence-corrected chi connectivity index (χ1v) is 5.89. The van der Waals surface area contributed by atoms with Gasteiger partial charge in [-0.15, -0.1) is 0 Å². The molecule has 1 aromatic carbocycles. The summed E-state index contributed by atoms with van der Waals surface area (Å²) < 4.78 is 5.26. The van der Waals surface area contributed by atoms with Crippen LogP contribution in [0.3, 0.4) is 0 Å². The minimum Gasteiger partial charge on any atom is -0.496 e. The fourth-order valence-corrected chi connectivity index (χ4v) is 2.28. The molecule has 0 fully saturated rings. The van der Waals surface area contributed by atoms with E-state index in [-0.39, 0.29) is 6.61 Å². The summed E-state index contributed by atoms with van der Waals surface area (Å²) in [5.74, 6) is -0.296. The highest BCUT2D eigenvalue weighted by Crippen LogP contribution is 2.33. The third kappa shape index (κ3) is 2.24. The highest BCUT2D eigenvalue weighted by atomic mass is 16.5. The van der Waals surface area contributed by atoms with E-state index in [1.807, 2.05) is 19.1 Å². The molecule has 0 bridgehead atoms. The summed E-state index contributed by atoms with van der Waals surface area (Å²) in [6.45, 7) is 1.50. The third-order valence-electron chi connectivity index (χ3n) is 3.17. The number of aryl methyl sites for hydroxylation is 1. The number of carbonyl (C=O) groups excluding carboxylic acids is 2. The van der Waals surface area contributed by atoms with Crippen molar-refractivity contribution in [3.63, 3.8) is 0 Å². The van der Waals surface area contributed by atoms with E-state index in [9.17, 15) is 14.7 Å². The number of aliphatic hydroxyl groups excluding tert-OH is 1. The Bertz CT molecular complexity index is 532. The van der Waals surface area contributed by atoms with Gasteiger partial charge in [0.25, 0.3) is 11.8 Å². The van der Waals surface area contributed by atoms with E-state index < -0.39 is 17.9 Å². The van der Waals surface area contributed by atoms with Crippen molar-refractivity contribution in [2.45, 2.75) is 13.0 Å². The van der Waals surface area contributed by atoms with E-state index in [0.717, 1.165) is 10.5 Å². The van der Waals surface area contributed by atoms with Gasteiger partial charge in [-0.05, 0) is 18.6 Å². The lowest BCUT2D eigenvalue weighted by Gasteiger charge is -2.27. The van der Waals surface area contributed by atoms with Crippen LogP contribution in [0.2, 0.25) is 0 Å². The molecule has 0 saturated heterocycles. The van der Waals surface area contributed by atoms with Gasteiger partial charge in [0, 0.05) is 17.7 Å². The third-order valence-corrected chi connectivity index (χ3v) is 3.17. The van der Waals surface area contributed by atoms with E-state index in [0.29, 0.717) is 11.3 Å². The van der Waals surface area contributed by atoms with Crippen LogP contribution in [0.1, 0.15) is 17.2 Å². The molecule has 2 amide bonds. The quantitative estimate of drug-likeness (QED) is 0.820. The van der Waals surface area contributed by atoms with Crippen LogP contribution in [-0.2, 0) is 9.59 Å². The van der Waals surface area contributed by atoms with Crippen molar-refractivity contribution in [2.24, 2.45) is 0 Å². The second-order valence-corrected chi connectivity index (χ2v) is 4.27. The van der Waals surface area contributed by atoms with Crippen molar-refractivity contribution in [3.8, 4) is 5.75 Å². The maximum absolute atomic E-state index is 11.7. The average molecular weight is 261 g/mol. The summed E-state index contributed by atoms with van der Waals surface area (Å²) in [6, 6.07) is 4.67. The summed E-state index contributed by atoms with van der Waals surface area (Å²) in [4.78, 5) is 24.5. The number of imide groups is 1. The van der Waals surface area contributed by atoms with Crippen molar-refractivity contribution in [1.82, 2.24) is 4.90 Å². The number of methoxy groups -OCH3 is 1. The van der Waals surface area contributed by atoms with Crippen LogP contribution in [0.5, 0.6) is 5.75 Å². The number of amides is 2. The minimum atomic E-state index is -0.730. The molecule has 19 heavy (non-hydrogen) atoms. The molecular weight excluding hydrogens is 246 g/mol. The Labute approximate surface area is 111 Å². The van der Waals surface area contributed by atoms with Crippen LogP contribution in [0.25, 0.3) is 0 Å². The number of carbonyl (C=O) groups is 2. The smallest absolute Gasteiger partial charge is 0.254 e. The van der Waals surface area contributed by atoms with Gasteiger partial charge < -0.3 is 9.84 Å². The first-order valence-electron chi connectivity index (χ1n) is 5.89. The maximum atomic E-state index is 11.7. The van der Waals surface area contributed by atoms with Crippen LogP contribution in [0.15, 0.2) is 30.4 Å². The summed E-state index contributed by atoms with van der Waals surface area (Å²) in [7, 11) is 1.51. The van der Waals surface area contributed by atoms with Crippen LogP contribution in [0.4, 0.5) is 0 Å². The average Bonchev–Trinajstić information content (AvgIpc) is 2.73. The number of benzene rings is 1. The largest absolute Gasteiger partial charge is 0.496 e. The zero-order valence-corrected chi connectivity index (χ0v) is 10.8. The Morgan fingerprint density at radius 2 is 1.89 bits per heavy atom. The van der Waals surface area contributed by atoms with E-state index in [2.05, 4.69) is 0 Å². The number of rotatable bonds is 4. The second-order valence-electron chi connectivity index (χ2n) is 4.27. The standard InChI is InChI=1S/C14H15NO4/c1-9-4-3-5-11(19-2)14(9)10(8-16)15-12(17)6-7-13(15)18/h3-7,10,16H,8H2,1-2H3/t10-/m0/s1. The number of nitrogens with zero attached hydrogens (tertiary/aromatic N) is 1. The molecule has 1 aromatic rings. The molecule has 0 aliphatic carbocycles. The monoisotopic (exact) mass is 261 g/mol. The first-order chi connectivity index (χ1) is 9.10. The van der Waals surface area contributed by atoms with Gasteiger partial charge in [0.2, 0.25) is 0 Å². The SMILES string of the molecule is COc1cccc(C)c1[C@H](CO)N1C(=O)C=CC1=O. The molecule has 5 nitrogen and oxygen atoms in total. The van der Waals surface area contributed by atoms with Gasteiger partial charge in [0.05, 0.1) is 19.8 Å². The summed E-state index contributed by atoms with van der Waals surface area (Å²) in [6.07, 6.45) is 2.41. The molecule has 1 aliphatic heterocycles. The number of hydrogen-bond acceptors (Lipinski definition) is 4. The zero-order chi connectivity index (χ0) is 14.0. The Morgan fingerprint density at radius 1 is 1.26 bits per heavy atom. The molecule has 1 atom stereocenters. The normalized spacial score (nSPS) is 16.1. The van der Waals surface area contributed by atoms with Crippen LogP contribution in [-0.4, -0.2) is 35.5 Å². The van der Waals surface area contributed by atoms with E-state index in [1.54, 1.807) is 6.07 Å². The number of ether oxygens (including phenoxy) is 1. The number of hydrogen-bond donors (Lipinski definition) is 1. The van der Waals surface area contributed by atoms with Gasteiger partial charge in [-0.1, -0.05) is 12.1 Å². The summed E-state index contributed by atoms with van der Waals surface area (Å²) in [5.41, 5.74) is 1.50. The summed E-state index contributed by atoms with van der Waals surface area (Å²) >= 11 is 0. The molecular formula is C14H15NO4. The van der Waals surface area contributed by atoms with E-state index in [4.69, 9.17) is 4.74 Å². The Hall–Kier alpha value is -2.14. The van der Waals surface area contributed by atoms with E-state index >= 15 is 0 Å². The molecule has 1 aliphatic rings. The molecule has 0 radical (unpaired) electrons. The molecule has 1 heterocycles. The highest BCUT2D eigenvalue weighted by Gasteiger charge is 2.34. The van der Waals surface area contributed by atoms with Crippen molar-refractivity contribution >= 4 is 11.8 Å². The van der Waals surface area contributed by atoms with Crippen LogP contribution < -0.4 is 4.74 Å². The second kappa shape index (κ2) is 5.24. The highest BCUT2D eigenvalue weighted by molar-refractivity contribution is 6.13. The Kier molecular flexibility index (Phi) is 3.66. The minimum absolute atomic E-state index is 0.347. The van der Waals surface area contributed by atoms with Crippen molar-refractivity contribution in [1.29, 1.82) is 0 Å². The molecule has 0 unspecified atom stereocenters. The predicted molar refractivity (Wildman–Crippen MR) is 68.6 cm³/mol. The molecule has 0 saturated carbocycles. The lowest BCUT2D eigenvalue weighted by molar-refractivity contribution is -0.140. The Morgan fingerprint density at radius 3 is 2.42 bits per heavy atom. The van der Waals surface area contributed by atoms with Gasteiger partial charge in [-0.2, -0.15) is 0 Å². The fraction of sp³-hybridized carbons (Fsp3) is 0.286. The maximum Gasteiger partial charge on any atom is 0.254 e. The predicted octanol–water partition coefficient (Wildman–Crippen LogP) is 0.962. The van der Waals surface area contributed by atoms with Crippen molar-refractivity contribution in [2.75, 3.05) is 13.7 Å². The summed E-state index contributed by atoms with van der Waals surface area (Å²) in [5, 5.41) is 9.59. The Balaban J connectivity index is 2.49. The molecule has 5 heteroatoms. The van der Waals surface area contributed by atoms with Gasteiger partial charge in [0.1, 0.15) is 5.75 Å². The lowest BCUT2D eigenvalue weighted by atomic mass is 9.99. The van der Waals surface area contributed by atoms with Gasteiger partial charge >= 0.3 is 0 Å². The molecule has 0 aromatic heterocycles. The molecule has 100 valence electrons. The fourth-order valence-electron chi connectivity index (χ4n) is 2.28.